The maximum Gasteiger partial charge on any atom is 0.390 e. The van der Waals surface area contributed by atoms with E-state index in [4.69, 9.17) is 5.11 Å². The molecule has 2 unspecified atom stereocenters. The molecule has 2 atom stereocenters. The van der Waals surface area contributed by atoms with Crippen molar-refractivity contribution in [2.75, 3.05) is 24.6 Å². The maximum absolute atomic E-state index is 12.4. The van der Waals surface area contributed by atoms with Crippen LogP contribution in [0.1, 0.15) is 12.0 Å². The van der Waals surface area contributed by atoms with E-state index in [2.05, 4.69) is 0 Å². The van der Waals surface area contributed by atoms with Crippen LogP contribution in [0.4, 0.5) is 18.9 Å². The number of aliphatic hydroxyl groups excluding tert-OH is 3. The zero-order valence-electron chi connectivity index (χ0n) is 11.7. The standard InChI is InChI=1S/C14H20F3NO3/c1-10-4-2-3-5-11(10)18(7-6-14(15,16)17)8-12(20)13(21)9-19/h2-5,12-13,19-21H,6-9H2,1H3. The van der Waals surface area contributed by atoms with Gasteiger partial charge in [-0.15, -0.1) is 0 Å². The molecule has 0 aliphatic heterocycles. The second kappa shape index (κ2) is 7.63. The van der Waals surface area contributed by atoms with E-state index >= 15 is 0 Å². The van der Waals surface area contributed by atoms with Crippen LogP contribution in [0.3, 0.4) is 0 Å². The number of halogens is 3. The Kier molecular flexibility index (Phi) is 6.44. The van der Waals surface area contributed by atoms with Crippen molar-refractivity contribution in [3.63, 3.8) is 0 Å². The third-order valence-corrected chi connectivity index (χ3v) is 3.16. The summed E-state index contributed by atoms with van der Waals surface area (Å²) in [5, 5.41) is 27.9. The van der Waals surface area contributed by atoms with Crippen LogP contribution in [-0.4, -0.2) is 53.4 Å². The van der Waals surface area contributed by atoms with Crippen LogP contribution in [0, 0.1) is 6.92 Å². The fourth-order valence-corrected chi connectivity index (χ4v) is 1.96. The van der Waals surface area contributed by atoms with Gasteiger partial charge in [-0.25, -0.2) is 0 Å². The number of rotatable bonds is 7. The van der Waals surface area contributed by atoms with Crippen LogP contribution in [0.15, 0.2) is 24.3 Å². The van der Waals surface area contributed by atoms with Crippen LogP contribution in [0.5, 0.6) is 0 Å². The number of aliphatic hydroxyl groups is 3. The minimum atomic E-state index is -4.30. The molecule has 0 saturated carbocycles. The Morgan fingerprint density at radius 1 is 1.14 bits per heavy atom. The normalized spacial score (nSPS) is 14.8. The summed E-state index contributed by atoms with van der Waals surface area (Å²) in [5.41, 5.74) is 1.33. The molecule has 1 rings (SSSR count). The smallest absolute Gasteiger partial charge is 0.390 e. The summed E-state index contributed by atoms with van der Waals surface area (Å²) < 4.78 is 37.2. The van der Waals surface area contributed by atoms with Crippen LogP contribution in [0.2, 0.25) is 0 Å². The second-order valence-electron chi connectivity index (χ2n) is 4.91. The van der Waals surface area contributed by atoms with Gasteiger partial charge in [0, 0.05) is 18.8 Å². The Balaban J connectivity index is 2.87. The van der Waals surface area contributed by atoms with Gasteiger partial charge in [-0.2, -0.15) is 13.2 Å². The predicted molar refractivity (Wildman–Crippen MR) is 73.2 cm³/mol. The first kappa shape index (κ1) is 17.7. The summed E-state index contributed by atoms with van der Waals surface area (Å²) in [5.74, 6) is 0. The van der Waals surface area contributed by atoms with Crippen molar-refractivity contribution in [2.24, 2.45) is 0 Å². The van der Waals surface area contributed by atoms with Gasteiger partial charge < -0.3 is 20.2 Å². The number of aryl methyl sites for hydroxylation is 1. The predicted octanol–water partition coefficient (Wildman–Crippen LogP) is 1.47. The fourth-order valence-electron chi connectivity index (χ4n) is 1.96. The third-order valence-electron chi connectivity index (χ3n) is 3.16. The van der Waals surface area contributed by atoms with E-state index in [0.717, 1.165) is 5.56 Å². The Morgan fingerprint density at radius 2 is 1.76 bits per heavy atom. The summed E-state index contributed by atoms with van der Waals surface area (Å²) in [6.07, 6.45) is -8.05. The van der Waals surface area contributed by atoms with Crippen molar-refractivity contribution >= 4 is 5.69 Å². The molecule has 0 aromatic heterocycles. The molecule has 3 N–H and O–H groups in total. The Bertz CT molecular complexity index is 440. The molecule has 7 heteroatoms. The summed E-state index contributed by atoms with van der Waals surface area (Å²) >= 11 is 0. The van der Waals surface area contributed by atoms with E-state index in [-0.39, 0.29) is 13.1 Å². The summed E-state index contributed by atoms with van der Waals surface area (Å²) in [6.45, 7) is 0.582. The van der Waals surface area contributed by atoms with E-state index in [9.17, 15) is 23.4 Å². The van der Waals surface area contributed by atoms with Crippen molar-refractivity contribution < 1.29 is 28.5 Å². The highest BCUT2D eigenvalue weighted by atomic mass is 19.4. The molecule has 1 aromatic carbocycles. The molecule has 1 aromatic rings. The number of hydrogen-bond donors (Lipinski definition) is 3. The van der Waals surface area contributed by atoms with E-state index in [0.29, 0.717) is 5.69 Å². The number of nitrogens with zero attached hydrogens (tertiary/aromatic N) is 1. The minimum absolute atomic E-state index is 0.192. The molecule has 0 spiro atoms. The van der Waals surface area contributed by atoms with Gasteiger partial charge in [-0.05, 0) is 18.6 Å². The zero-order chi connectivity index (χ0) is 16.0. The molecule has 0 heterocycles. The molecule has 0 saturated heterocycles. The SMILES string of the molecule is Cc1ccccc1N(CCC(F)(F)F)CC(O)C(O)CO. The highest BCUT2D eigenvalue weighted by Crippen LogP contribution is 2.25. The quantitative estimate of drug-likeness (QED) is 0.714. The molecule has 0 aliphatic carbocycles. The van der Waals surface area contributed by atoms with Gasteiger partial charge in [0.1, 0.15) is 6.10 Å². The van der Waals surface area contributed by atoms with Gasteiger partial charge in [0.2, 0.25) is 0 Å². The van der Waals surface area contributed by atoms with Gasteiger partial charge in [-0.1, -0.05) is 18.2 Å². The second-order valence-corrected chi connectivity index (χ2v) is 4.91. The van der Waals surface area contributed by atoms with E-state index in [1.807, 2.05) is 0 Å². The van der Waals surface area contributed by atoms with Crippen molar-refractivity contribution in [3.05, 3.63) is 29.8 Å². The lowest BCUT2D eigenvalue weighted by atomic mass is 10.1. The largest absolute Gasteiger partial charge is 0.394 e. The summed E-state index contributed by atoms with van der Waals surface area (Å²) in [7, 11) is 0. The topological polar surface area (TPSA) is 63.9 Å². The van der Waals surface area contributed by atoms with E-state index in [1.165, 1.54) is 4.90 Å². The lowest BCUT2D eigenvalue weighted by Crippen LogP contribution is -2.42. The number of benzene rings is 1. The highest BCUT2D eigenvalue weighted by molar-refractivity contribution is 5.53. The van der Waals surface area contributed by atoms with Gasteiger partial charge >= 0.3 is 6.18 Å². The number of para-hydroxylation sites is 1. The van der Waals surface area contributed by atoms with E-state index in [1.54, 1.807) is 31.2 Å². The first-order chi connectivity index (χ1) is 9.74. The number of hydrogen-bond acceptors (Lipinski definition) is 4. The lowest BCUT2D eigenvalue weighted by Gasteiger charge is -2.30. The monoisotopic (exact) mass is 307 g/mol. The Hall–Kier alpha value is -1.31. The van der Waals surface area contributed by atoms with Crippen molar-refractivity contribution in [2.45, 2.75) is 31.7 Å². The average molecular weight is 307 g/mol. The lowest BCUT2D eigenvalue weighted by molar-refractivity contribution is -0.132. The number of anilines is 1. The van der Waals surface area contributed by atoms with Gasteiger partial charge in [0.05, 0.1) is 19.1 Å². The molecular weight excluding hydrogens is 287 g/mol. The van der Waals surface area contributed by atoms with Gasteiger partial charge in [-0.3, -0.25) is 0 Å². The maximum atomic E-state index is 12.4. The summed E-state index contributed by atoms with van der Waals surface area (Å²) in [6, 6.07) is 6.87. The van der Waals surface area contributed by atoms with Crippen LogP contribution in [-0.2, 0) is 0 Å². The van der Waals surface area contributed by atoms with Gasteiger partial charge in [0.25, 0.3) is 0 Å². The molecule has 0 amide bonds. The number of alkyl halides is 3. The third kappa shape index (κ3) is 5.91. The first-order valence-corrected chi connectivity index (χ1v) is 6.59. The molecule has 0 radical (unpaired) electrons. The molecule has 21 heavy (non-hydrogen) atoms. The Labute approximate surface area is 121 Å². The highest BCUT2D eigenvalue weighted by Gasteiger charge is 2.29. The minimum Gasteiger partial charge on any atom is -0.394 e. The van der Waals surface area contributed by atoms with Crippen molar-refractivity contribution in [3.8, 4) is 0 Å². The molecule has 4 nitrogen and oxygen atoms in total. The van der Waals surface area contributed by atoms with E-state index < -0.39 is 31.4 Å². The fraction of sp³-hybridized carbons (Fsp3) is 0.571. The zero-order valence-corrected chi connectivity index (χ0v) is 11.7. The summed E-state index contributed by atoms with van der Waals surface area (Å²) in [4.78, 5) is 1.37. The van der Waals surface area contributed by atoms with Crippen LogP contribution < -0.4 is 4.90 Å². The van der Waals surface area contributed by atoms with Gasteiger partial charge in [0.15, 0.2) is 0 Å². The average Bonchev–Trinajstić information content (AvgIpc) is 2.42. The molecule has 0 aliphatic rings. The first-order valence-electron chi connectivity index (χ1n) is 6.59. The van der Waals surface area contributed by atoms with Crippen LogP contribution in [0.25, 0.3) is 0 Å². The molecule has 0 fully saturated rings. The molecule has 0 bridgehead atoms. The molecular formula is C14H20F3NO3. The Morgan fingerprint density at radius 3 is 2.29 bits per heavy atom. The van der Waals surface area contributed by atoms with Crippen molar-refractivity contribution in [1.82, 2.24) is 0 Å². The van der Waals surface area contributed by atoms with Crippen LogP contribution >= 0.6 is 0 Å². The molecule has 120 valence electrons. The van der Waals surface area contributed by atoms with Crippen molar-refractivity contribution in [1.29, 1.82) is 0 Å².